The van der Waals surface area contributed by atoms with Crippen molar-refractivity contribution in [2.75, 3.05) is 6.61 Å². The average molecular weight is 271 g/mol. The first-order chi connectivity index (χ1) is 8.15. The second kappa shape index (κ2) is 10.1. The van der Waals surface area contributed by atoms with Crippen LogP contribution in [-0.4, -0.2) is 24.7 Å². The summed E-state index contributed by atoms with van der Waals surface area (Å²) in [6.45, 7) is 4.17. The van der Waals surface area contributed by atoms with Gasteiger partial charge in [-0.3, -0.25) is 4.79 Å². The van der Waals surface area contributed by atoms with Crippen molar-refractivity contribution in [3.63, 3.8) is 0 Å². The molecule has 1 aromatic carbocycles. The molecular formula is C12H17O3P2+. The fourth-order valence-electron chi connectivity index (χ4n) is 0.971. The number of rotatable bonds is 3. The highest BCUT2D eigenvalue weighted by Gasteiger charge is 1.94. The van der Waals surface area contributed by atoms with Crippen molar-refractivity contribution in [2.24, 2.45) is 0 Å². The van der Waals surface area contributed by atoms with E-state index in [4.69, 9.17) is 0 Å². The highest BCUT2D eigenvalue weighted by atomic mass is 32.0. The van der Waals surface area contributed by atoms with Gasteiger partial charge in [0.25, 0.3) is 0 Å². The van der Waals surface area contributed by atoms with Crippen LogP contribution in [0.15, 0.2) is 24.3 Å². The molecule has 0 spiro atoms. The Kier molecular flexibility index (Phi) is 9.52. The third kappa shape index (κ3) is 7.79. The largest absolute Gasteiger partial charge is 0.460 e. The molecule has 5 heteroatoms. The van der Waals surface area contributed by atoms with Gasteiger partial charge in [-0.2, -0.15) is 0 Å². The average Bonchev–Trinajstić information content (AvgIpc) is 2.31. The van der Waals surface area contributed by atoms with E-state index < -0.39 is 0 Å². The highest BCUT2D eigenvalue weighted by molar-refractivity contribution is 8.02. The summed E-state index contributed by atoms with van der Waals surface area (Å²) in [5.41, 5.74) is 1.81. The minimum Gasteiger partial charge on any atom is -0.460 e. The molecule has 3 nitrogen and oxygen atoms in total. The molecule has 1 aromatic rings. The van der Waals surface area contributed by atoms with E-state index in [-0.39, 0.29) is 5.97 Å². The molecule has 0 N–H and O–H groups in total. The molecule has 0 aliphatic carbocycles. The van der Waals surface area contributed by atoms with Gasteiger partial charge in [0.1, 0.15) is 6.29 Å². The molecule has 17 heavy (non-hydrogen) atoms. The van der Waals surface area contributed by atoms with E-state index in [0.29, 0.717) is 14.5 Å². The van der Waals surface area contributed by atoms with Crippen LogP contribution in [0.4, 0.5) is 0 Å². The van der Waals surface area contributed by atoms with Crippen LogP contribution >= 0.6 is 16.8 Å². The third-order valence-corrected chi connectivity index (χ3v) is 2.71. The second-order valence-electron chi connectivity index (χ2n) is 3.04. The summed E-state index contributed by atoms with van der Waals surface area (Å²) in [5, 5.41) is 0. The van der Waals surface area contributed by atoms with E-state index >= 15 is 0 Å². The zero-order valence-electron chi connectivity index (χ0n) is 9.97. The summed E-state index contributed by atoms with van der Waals surface area (Å²) < 4.78 is 4.58. The molecule has 2 atom stereocenters. The summed E-state index contributed by atoms with van der Waals surface area (Å²) in [6, 6.07) is 7.51. The Hall–Kier alpha value is -1.04. The number of aryl methyl sites for hydroxylation is 1. The topological polar surface area (TPSA) is 43.4 Å². The molecule has 0 fully saturated rings. The molecular weight excluding hydrogens is 254 g/mol. The van der Waals surface area contributed by atoms with Gasteiger partial charge in [0.2, 0.25) is 0 Å². The van der Waals surface area contributed by atoms with Crippen molar-refractivity contribution < 1.29 is 14.3 Å². The quantitative estimate of drug-likeness (QED) is 0.482. The lowest BCUT2D eigenvalue weighted by atomic mass is 10.1. The smallest absolute Gasteiger partial charge is 0.373 e. The maximum absolute atomic E-state index is 10.4. The molecule has 0 saturated carbocycles. The summed E-state index contributed by atoms with van der Waals surface area (Å²) in [4.78, 5) is 20.6. The number of benzene rings is 1. The van der Waals surface area contributed by atoms with Crippen molar-refractivity contribution in [1.29, 1.82) is 0 Å². The minimum atomic E-state index is -0.221. The maximum Gasteiger partial charge on any atom is 0.373 e. The van der Waals surface area contributed by atoms with E-state index in [0.717, 1.165) is 17.4 Å². The lowest BCUT2D eigenvalue weighted by molar-refractivity contribution is -0.134. The van der Waals surface area contributed by atoms with E-state index in [1.807, 2.05) is 31.2 Å². The minimum absolute atomic E-state index is 0.221. The van der Waals surface area contributed by atoms with Gasteiger partial charge in [0.15, 0.2) is 5.80 Å². The predicted octanol–water partition coefficient (Wildman–Crippen LogP) is 2.63. The highest BCUT2D eigenvalue weighted by Crippen LogP contribution is 2.03. The summed E-state index contributed by atoms with van der Waals surface area (Å²) in [7, 11) is 2.91. The third-order valence-electron chi connectivity index (χ3n) is 1.80. The lowest BCUT2D eigenvalue weighted by Crippen LogP contribution is -2.02. The number of aldehydes is 1. The lowest BCUT2D eigenvalue weighted by Gasteiger charge is -1.92. The van der Waals surface area contributed by atoms with Crippen LogP contribution in [-0.2, 0) is 9.53 Å². The first-order valence-electron chi connectivity index (χ1n) is 5.12. The van der Waals surface area contributed by atoms with Crippen LogP contribution in [0.1, 0.15) is 22.8 Å². The Morgan fingerprint density at radius 1 is 1.47 bits per heavy atom. The van der Waals surface area contributed by atoms with Crippen LogP contribution in [0.3, 0.4) is 0 Å². The second-order valence-corrected chi connectivity index (χ2v) is 4.66. The molecule has 0 aliphatic heterocycles. The van der Waals surface area contributed by atoms with Crippen LogP contribution in [0.5, 0.6) is 0 Å². The number of carbonyl (C=O) groups excluding carboxylic acids is 2. The number of carbonyl (C=O) groups is 2. The summed E-state index contributed by atoms with van der Waals surface area (Å²) >= 11 is 0. The van der Waals surface area contributed by atoms with Crippen LogP contribution in [0, 0.1) is 6.92 Å². The number of hydrogen-bond acceptors (Lipinski definition) is 3. The van der Waals surface area contributed by atoms with E-state index in [9.17, 15) is 9.59 Å². The molecule has 0 aromatic heterocycles. The maximum atomic E-state index is 10.4. The van der Waals surface area contributed by atoms with Crippen molar-refractivity contribution in [1.82, 2.24) is 0 Å². The molecule has 92 valence electrons. The van der Waals surface area contributed by atoms with Gasteiger partial charge >= 0.3 is 5.97 Å². The van der Waals surface area contributed by atoms with Gasteiger partial charge in [0.05, 0.1) is 23.4 Å². The summed E-state index contributed by atoms with van der Waals surface area (Å²) in [6.07, 6.45) is 0.870. The van der Waals surface area contributed by atoms with Gasteiger partial charge < -0.3 is 4.74 Å². The van der Waals surface area contributed by atoms with Crippen LogP contribution in [0.25, 0.3) is 0 Å². The Bertz CT molecular complexity index is 389. The van der Waals surface area contributed by atoms with Gasteiger partial charge in [-0.05, 0) is 19.4 Å². The Morgan fingerprint density at radius 2 is 2.12 bits per heavy atom. The normalized spacial score (nSPS) is 9.35. The van der Waals surface area contributed by atoms with Crippen molar-refractivity contribution in [2.45, 2.75) is 13.8 Å². The van der Waals surface area contributed by atoms with Gasteiger partial charge in [-0.1, -0.05) is 24.3 Å². The zero-order chi connectivity index (χ0) is 13.1. The van der Waals surface area contributed by atoms with E-state index in [1.165, 1.54) is 5.80 Å². The monoisotopic (exact) mass is 271 g/mol. The van der Waals surface area contributed by atoms with Crippen LogP contribution < -0.4 is 0 Å². The molecule has 0 saturated heterocycles. The van der Waals surface area contributed by atoms with E-state index in [2.05, 4.69) is 13.7 Å². The first kappa shape index (κ1) is 16.0. The molecule has 0 aliphatic rings. The molecule has 0 bridgehead atoms. The molecule has 0 radical (unpaired) electrons. The summed E-state index contributed by atoms with van der Waals surface area (Å²) in [5.74, 6) is 1.29. The van der Waals surface area contributed by atoms with Crippen LogP contribution in [0.2, 0.25) is 0 Å². The Labute approximate surface area is 105 Å². The fraction of sp³-hybridized carbons (Fsp3) is 0.250. The number of hydrogen-bond donors (Lipinski definition) is 0. The molecule has 0 heterocycles. The van der Waals surface area contributed by atoms with Gasteiger partial charge in [-0.15, -0.1) is 0 Å². The van der Waals surface area contributed by atoms with Crippen molar-refractivity contribution in [3.8, 4) is 0 Å². The molecule has 2 unspecified atom stereocenters. The zero-order valence-corrected chi connectivity index (χ0v) is 12.1. The molecule has 1 rings (SSSR count). The SMILES string of the molecule is CCOC(=O)C=[PH+]P.Cc1ccccc1C=O. The number of esters is 1. The fourth-order valence-corrected chi connectivity index (χ4v) is 1.60. The Morgan fingerprint density at radius 3 is 2.53 bits per heavy atom. The van der Waals surface area contributed by atoms with Gasteiger partial charge in [-0.25, -0.2) is 4.79 Å². The van der Waals surface area contributed by atoms with Crippen molar-refractivity contribution in [3.05, 3.63) is 35.4 Å². The van der Waals surface area contributed by atoms with Gasteiger partial charge in [0, 0.05) is 5.56 Å². The standard InChI is InChI=1S/C8H8O.C4H8O2P2/c1-7-4-2-3-5-8(7)6-9;1-2-6-4(5)3-8-7/h2-6H,1H3;3H,2,7H2,1H3/p+1. The van der Waals surface area contributed by atoms with Crippen molar-refractivity contribution >= 4 is 34.9 Å². The first-order valence-corrected chi connectivity index (χ1v) is 8.01. The van der Waals surface area contributed by atoms with E-state index in [1.54, 1.807) is 6.92 Å². The number of ether oxygens (including phenoxy) is 1. The molecule has 0 amide bonds. The predicted molar refractivity (Wildman–Crippen MR) is 77.3 cm³/mol. The Balaban J connectivity index is 0.000000304.